The standard InChI is InChI=1S/C14H22O/c1-9-11(2)10-12(13(3,4)5)14(6,7)15-8/h1,10H,2H2,3-8H3/b12-10-. The second kappa shape index (κ2) is 4.68. The Morgan fingerprint density at radius 3 is 2.00 bits per heavy atom. The zero-order chi connectivity index (χ0) is 12.3. The van der Waals surface area contributed by atoms with Crippen molar-refractivity contribution in [3.8, 4) is 12.3 Å². The molecule has 0 N–H and O–H groups in total. The Kier molecular flexibility index (Phi) is 4.37. The molecule has 0 aromatic heterocycles. The summed E-state index contributed by atoms with van der Waals surface area (Å²) in [6.45, 7) is 14.3. The SMILES string of the molecule is C#CC(=C)/C=C(/C(C)(C)C)C(C)(C)OC. The average Bonchev–Trinajstić information content (AvgIpc) is 2.11. The van der Waals surface area contributed by atoms with Crippen molar-refractivity contribution in [3.05, 3.63) is 23.8 Å². The number of methoxy groups -OCH3 is 1. The van der Waals surface area contributed by atoms with Crippen LogP contribution in [0.2, 0.25) is 0 Å². The topological polar surface area (TPSA) is 9.23 Å². The number of rotatable bonds is 3. The third-order valence-electron chi connectivity index (χ3n) is 2.47. The van der Waals surface area contributed by atoms with E-state index in [0.717, 1.165) is 5.57 Å². The first-order valence-electron chi connectivity index (χ1n) is 5.08. The lowest BCUT2D eigenvalue weighted by molar-refractivity contribution is 0.0399. The monoisotopic (exact) mass is 206 g/mol. The van der Waals surface area contributed by atoms with Crippen LogP contribution in [0.5, 0.6) is 0 Å². The summed E-state index contributed by atoms with van der Waals surface area (Å²) in [7, 11) is 1.71. The van der Waals surface area contributed by atoms with Gasteiger partial charge < -0.3 is 4.74 Å². The van der Waals surface area contributed by atoms with E-state index in [1.54, 1.807) is 7.11 Å². The first-order valence-corrected chi connectivity index (χ1v) is 5.08. The van der Waals surface area contributed by atoms with Gasteiger partial charge in [-0.05, 0) is 30.9 Å². The highest BCUT2D eigenvalue weighted by Crippen LogP contribution is 2.36. The van der Waals surface area contributed by atoms with Crippen LogP contribution in [0.3, 0.4) is 0 Å². The van der Waals surface area contributed by atoms with Crippen molar-refractivity contribution < 1.29 is 4.74 Å². The molecule has 0 saturated heterocycles. The second-order valence-corrected chi connectivity index (χ2v) is 5.19. The largest absolute Gasteiger partial charge is 0.374 e. The Balaban J connectivity index is 5.38. The normalized spacial score (nSPS) is 13.5. The van der Waals surface area contributed by atoms with Crippen LogP contribution in [0.25, 0.3) is 0 Å². The molecule has 0 aliphatic carbocycles. The van der Waals surface area contributed by atoms with Gasteiger partial charge in [0.1, 0.15) is 0 Å². The third kappa shape index (κ3) is 3.93. The molecule has 0 aliphatic heterocycles. The predicted molar refractivity (Wildman–Crippen MR) is 66.6 cm³/mol. The van der Waals surface area contributed by atoms with Gasteiger partial charge in [-0.1, -0.05) is 33.3 Å². The summed E-state index contributed by atoms with van der Waals surface area (Å²) in [6.07, 6.45) is 7.26. The Morgan fingerprint density at radius 1 is 1.27 bits per heavy atom. The molecule has 0 aliphatic rings. The predicted octanol–water partition coefficient (Wildman–Crippen LogP) is 3.57. The molecule has 0 atom stereocenters. The number of hydrogen-bond acceptors (Lipinski definition) is 1. The van der Waals surface area contributed by atoms with Gasteiger partial charge >= 0.3 is 0 Å². The smallest absolute Gasteiger partial charge is 0.0840 e. The van der Waals surface area contributed by atoms with Gasteiger partial charge in [0, 0.05) is 12.7 Å². The van der Waals surface area contributed by atoms with Crippen LogP contribution in [0.4, 0.5) is 0 Å². The zero-order valence-electron chi connectivity index (χ0n) is 10.8. The van der Waals surface area contributed by atoms with Crippen molar-refractivity contribution in [2.75, 3.05) is 7.11 Å². The molecule has 0 bridgehead atoms. The molecule has 1 heteroatoms. The van der Waals surface area contributed by atoms with Crippen LogP contribution in [0, 0.1) is 17.8 Å². The molecular weight excluding hydrogens is 184 g/mol. The van der Waals surface area contributed by atoms with E-state index in [1.165, 1.54) is 0 Å². The zero-order valence-corrected chi connectivity index (χ0v) is 10.8. The van der Waals surface area contributed by atoms with Crippen LogP contribution in [-0.2, 0) is 4.74 Å². The van der Waals surface area contributed by atoms with E-state index in [1.807, 2.05) is 19.9 Å². The van der Waals surface area contributed by atoms with Gasteiger partial charge in [0.25, 0.3) is 0 Å². The summed E-state index contributed by atoms with van der Waals surface area (Å²) in [4.78, 5) is 0. The van der Waals surface area contributed by atoms with Gasteiger partial charge in [-0.25, -0.2) is 0 Å². The summed E-state index contributed by atoms with van der Waals surface area (Å²) in [6, 6.07) is 0. The van der Waals surface area contributed by atoms with Gasteiger partial charge in [-0.15, -0.1) is 6.42 Å². The maximum atomic E-state index is 5.49. The first kappa shape index (κ1) is 14.0. The highest BCUT2D eigenvalue weighted by molar-refractivity contribution is 5.39. The minimum Gasteiger partial charge on any atom is -0.374 e. The molecule has 0 rings (SSSR count). The Bertz CT molecular complexity index is 305. The molecule has 0 saturated carbocycles. The van der Waals surface area contributed by atoms with Crippen LogP contribution in [0.15, 0.2) is 23.8 Å². The van der Waals surface area contributed by atoms with Gasteiger partial charge in [-0.2, -0.15) is 0 Å². The first-order chi connectivity index (χ1) is 6.65. The third-order valence-corrected chi connectivity index (χ3v) is 2.47. The van der Waals surface area contributed by atoms with Gasteiger partial charge in [0.05, 0.1) is 5.60 Å². The second-order valence-electron chi connectivity index (χ2n) is 5.19. The van der Waals surface area contributed by atoms with Crippen molar-refractivity contribution in [3.63, 3.8) is 0 Å². The highest BCUT2D eigenvalue weighted by Gasteiger charge is 2.31. The van der Waals surface area contributed by atoms with Crippen molar-refractivity contribution in [1.29, 1.82) is 0 Å². The molecule has 0 radical (unpaired) electrons. The van der Waals surface area contributed by atoms with Gasteiger partial charge in [0.15, 0.2) is 0 Å². The molecule has 0 aromatic rings. The molecule has 0 unspecified atom stereocenters. The minimum atomic E-state index is -0.321. The summed E-state index contributed by atoms with van der Waals surface area (Å²) in [5, 5.41) is 0. The lowest BCUT2D eigenvalue weighted by atomic mass is 9.76. The summed E-state index contributed by atoms with van der Waals surface area (Å²) in [5.41, 5.74) is 1.53. The van der Waals surface area contributed by atoms with E-state index >= 15 is 0 Å². The molecule has 0 fully saturated rings. The molecule has 0 heterocycles. The number of allylic oxidation sites excluding steroid dienone is 2. The Hall–Kier alpha value is -1.00. The van der Waals surface area contributed by atoms with Gasteiger partial charge in [0.2, 0.25) is 0 Å². The Morgan fingerprint density at radius 2 is 1.73 bits per heavy atom. The van der Waals surface area contributed by atoms with Crippen molar-refractivity contribution in [1.82, 2.24) is 0 Å². The van der Waals surface area contributed by atoms with Crippen molar-refractivity contribution in [2.45, 2.75) is 40.2 Å². The summed E-state index contributed by atoms with van der Waals surface area (Å²) < 4.78 is 5.49. The van der Waals surface area contributed by atoms with E-state index in [2.05, 4.69) is 33.3 Å². The van der Waals surface area contributed by atoms with E-state index in [9.17, 15) is 0 Å². The molecule has 1 nitrogen and oxygen atoms in total. The average molecular weight is 206 g/mol. The fraction of sp³-hybridized carbons (Fsp3) is 0.571. The lowest BCUT2D eigenvalue weighted by Gasteiger charge is -2.35. The highest BCUT2D eigenvalue weighted by atomic mass is 16.5. The van der Waals surface area contributed by atoms with Crippen LogP contribution in [0.1, 0.15) is 34.6 Å². The molecule has 84 valence electrons. The van der Waals surface area contributed by atoms with Crippen molar-refractivity contribution >= 4 is 0 Å². The number of terminal acetylenes is 1. The van der Waals surface area contributed by atoms with Crippen LogP contribution in [-0.4, -0.2) is 12.7 Å². The summed E-state index contributed by atoms with van der Waals surface area (Å²) >= 11 is 0. The van der Waals surface area contributed by atoms with E-state index in [-0.39, 0.29) is 11.0 Å². The van der Waals surface area contributed by atoms with Crippen LogP contribution < -0.4 is 0 Å². The van der Waals surface area contributed by atoms with E-state index in [0.29, 0.717) is 5.57 Å². The molecule has 0 aromatic carbocycles. The summed E-state index contributed by atoms with van der Waals surface area (Å²) in [5.74, 6) is 2.54. The van der Waals surface area contributed by atoms with Crippen molar-refractivity contribution in [2.24, 2.45) is 5.41 Å². The molecule has 15 heavy (non-hydrogen) atoms. The van der Waals surface area contributed by atoms with E-state index < -0.39 is 0 Å². The maximum absolute atomic E-state index is 5.49. The van der Waals surface area contributed by atoms with Crippen LogP contribution >= 0.6 is 0 Å². The number of hydrogen-bond donors (Lipinski definition) is 0. The fourth-order valence-electron chi connectivity index (χ4n) is 1.62. The quantitative estimate of drug-likeness (QED) is 0.506. The lowest BCUT2D eigenvalue weighted by Crippen LogP contribution is -2.33. The van der Waals surface area contributed by atoms with E-state index in [4.69, 9.17) is 11.2 Å². The Labute approximate surface area is 94.2 Å². The minimum absolute atomic E-state index is 0.0132. The van der Waals surface area contributed by atoms with Gasteiger partial charge in [-0.3, -0.25) is 0 Å². The fourth-order valence-corrected chi connectivity index (χ4v) is 1.62. The number of ether oxygens (including phenoxy) is 1. The molecular formula is C14H22O. The molecule has 0 amide bonds. The maximum Gasteiger partial charge on any atom is 0.0840 e. The molecule has 0 spiro atoms.